The minimum atomic E-state index is -4.76. The van der Waals surface area contributed by atoms with Gasteiger partial charge in [-0.05, 0) is 13.1 Å². The smallest absolute Gasteiger partial charge is 0.405 e. The van der Waals surface area contributed by atoms with Crippen LogP contribution in [0.2, 0.25) is 0 Å². The maximum atomic E-state index is 12.1. The van der Waals surface area contributed by atoms with Gasteiger partial charge in [0, 0.05) is 5.56 Å². The van der Waals surface area contributed by atoms with E-state index in [-0.39, 0.29) is 11.3 Å². The number of nitrogens with one attached hydrogen (secondary N) is 1. The normalized spacial score (nSPS) is 12.9. The molecule has 0 aliphatic carbocycles. The van der Waals surface area contributed by atoms with Crippen LogP contribution in [0.25, 0.3) is 0 Å². The van der Waals surface area contributed by atoms with E-state index in [0.29, 0.717) is 0 Å². The van der Waals surface area contributed by atoms with E-state index in [0.717, 1.165) is 0 Å². The van der Waals surface area contributed by atoms with Crippen molar-refractivity contribution in [1.82, 2.24) is 5.32 Å². The van der Waals surface area contributed by atoms with Crippen LogP contribution in [0.4, 0.5) is 13.2 Å². The molecule has 0 bridgehead atoms. The Kier molecular flexibility index (Phi) is 3.74. The highest BCUT2D eigenvalue weighted by Crippen LogP contribution is 2.29. The average molecular weight is 230 g/mol. The number of hydrogen-bond acceptors (Lipinski definition) is 3. The summed E-state index contributed by atoms with van der Waals surface area (Å²) in [6.07, 6.45) is -4.76. The Labute approximate surface area is 90.4 Å². The van der Waals surface area contributed by atoms with E-state index in [1.54, 1.807) is 6.07 Å². The van der Waals surface area contributed by atoms with E-state index in [2.05, 4.69) is 10.1 Å². The van der Waals surface area contributed by atoms with Gasteiger partial charge in [0.1, 0.15) is 11.8 Å². The van der Waals surface area contributed by atoms with Crippen molar-refractivity contribution in [2.24, 2.45) is 0 Å². The zero-order chi connectivity index (χ0) is 12.2. The van der Waals surface area contributed by atoms with Gasteiger partial charge in [0.05, 0.1) is 6.07 Å². The van der Waals surface area contributed by atoms with Gasteiger partial charge < -0.3 is 10.1 Å². The summed E-state index contributed by atoms with van der Waals surface area (Å²) in [5, 5.41) is 11.3. The average Bonchev–Trinajstić information content (AvgIpc) is 2.20. The minimum absolute atomic E-state index is 0.157. The van der Waals surface area contributed by atoms with Gasteiger partial charge in [-0.1, -0.05) is 18.2 Å². The first-order valence-corrected chi connectivity index (χ1v) is 4.39. The van der Waals surface area contributed by atoms with E-state index in [1.807, 2.05) is 6.07 Å². The summed E-state index contributed by atoms with van der Waals surface area (Å²) in [6, 6.07) is 6.53. The van der Waals surface area contributed by atoms with Gasteiger partial charge in [0.2, 0.25) is 0 Å². The Morgan fingerprint density at radius 2 is 2.00 bits per heavy atom. The SMILES string of the molecule is CNC(C#N)c1ccccc1OC(F)(F)F. The molecule has 1 rings (SSSR count). The molecule has 16 heavy (non-hydrogen) atoms. The van der Waals surface area contributed by atoms with Crippen LogP contribution >= 0.6 is 0 Å². The van der Waals surface area contributed by atoms with Crippen LogP contribution in [0.15, 0.2) is 24.3 Å². The number of nitriles is 1. The Bertz CT molecular complexity index is 398. The number of nitrogens with zero attached hydrogens (tertiary/aromatic N) is 1. The maximum absolute atomic E-state index is 12.1. The zero-order valence-electron chi connectivity index (χ0n) is 8.38. The van der Waals surface area contributed by atoms with Crippen molar-refractivity contribution in [2.75, 3.05) is 7.05 Å². The Morgan fingerprint density at radius 1 is 1.38 bits per heavy atom. The first kappa shape index (κ1) is 12.3. The van der Waals surface area contributed by atoms with Gasteiger partial charge in [0.15, 0.2) is 0 Å². The molecule has 0 spiro atoms. The third-order valence-electron chi connectivity index (χ3n) is 1.87. The number of ether oxygens (including phenoxy) is 1. The lowest BCUT2D eigenvalue weighted by molar-refractivity contribution is -0.274. The van der Waals surface area contributed by atoms with Gasteiger partial charge in [-0.3, -0.25) is 0 Å². The van der Waals surface area contributed by atoms with Crippen LogP contribution in [0.5, 0.6) is 5.75 Å². The molecule has 1 N–H and O–H groups in total. The number of para-hydroxylation sites is 1. The number of benzene rings is 1. The summed E-state index contributed by atoms with van der Waals surface area (Å²) in [7, 11) is 1.48. The Balaban J connectivity index is 3.06. The lowest BCUT2D eigenvalue weighted by Crippen LogP contribution is -2.21. The standard InChI is InChI=1S/C10H9F3N2O/c1-15-8(6-14)7-4-2-3-5-9(7)16-10(11,12)13/h2-5,8,15H,1H3. The molecule has 0 heterocycles. The molecular formula is C10H9F3N2O. The molecule has 1 aromatic carbocycles. The van der Waals surface area contributed by atoms with Crippen LogP contribution in [-0.2, 0) is 0 Å². The molecule has 1 aromatic rings. The minimum Gasteiger partial charge on any atom is -0.405 e. The van der Waals surface area contributed by atoms with E-state index in [1.165, 1.54) is 25.2 Å². The predicted octanol–water partition coefficient (Wildman–Crippen LogP) is 2.37. The molecule has 0 saturated heterocycles. The van der Waals surface area contributed by atoms with Crippen molar-refractivity contribution in [1.29, 1.82) is 5.26 Å². The first-order valence-electron chi connectivity index (χ1n) is 4.39. The van der Waals surface area contributed by atoms with Gasteiger partial charge >= 0.3 is 6.36 Å². The van der Waals surface area contributed by atoms with Crippen LogP contribution in [0, 0.1) is 11.3 Å². The van der Waals surface area contributed by atoms with Gasteiger partial charge in [0.25, 0.3) is 0 Å². The topological polar surface area (TPSA) is 45.0 Å². The summed E-state index contributed by atoms with van der Waals surface area (Å²) >= 11 is 0. The fourth-order valence-electron chi connectivity index (χ4n) is 1.23. The summed E-state index contributed by atoms with van der Waals surface area (Å²) < 4.78 is 40.0. The van der Waals surface area contributed by atoms with Crippen molar-refractivity contribution < 1.29 is 17.9 Å². The van der Waals surface area contributed by atoms with E-state index < -0.39 is 12.4 Å². The van der Waals surface area contributed by atoms with Crippen LogP contribution in [-0.4, -0.2) is 13.4 Å². The number of hydrogen-bond donors (Lipinski definition) is 1. The second-order valence-corrected chi connectivity index (χ2v) is 2.94. The quantitative estimate of drug-likeness (QED) is 0.866. The van der Waals surface area contributed by atoms with Crippen molar-refractivity contribution >= 4 is 0 Å². The van der Waals surface area contributed by atoms with Crippen LogP contribution < -0.4 is 10.1 Å². The fourth-order valence-corrected chi connectivity index (χ4v) is 1.23. The lowest BCUT2D eigenvalue weighted by Gasteiger charge is -2.15. The summed E-state index contributed by atoms with van der Waals surface area (Å²) in [6.45, 7) is 0. The highest BCUT2D eigenvalue weighted by Gasteiger charge is 2.32. The number of alkyl halides is 3. The fraction of sp³-hybridized carbons (Fsp3) is 0.300. The molecule has 1 unspecified atom stereocenters. The van der Waals surface area contributed by atoms with Crippen LogP contribution in [0.3, 0.4) is 0 Å². The Hall–Kier alpha value is -1.74. The number of rotatable bonds is 3. The summed E-state index contributed by atoms with van der Waals surface area (Å²) in [5.41, 5.74) is 0.157. The molecule has 0 aromatic heterocycles. The predicted molar refractivity (Wildman–Crippen MR) is 50.5 cm³/mol. The molecule has 1 atom stereocenters. The Morgan fingerprint density at radius 3 is 2.50 bits per heavy atom. The van der Waals surface area contributed by atoms with Gasteiger partial charge in [-0.25, -0.2) is 0 Å². The van der Waals surface area contributed by atoms with Crippen molar-refractivity contribution in [3.05, 3.63) is 29.8 Å². The number of halogens is 3. The van der Waals surface area contributed by atoms with Gasteiger partial charge in [-0.2, -0.15) is 5.26 Å². The highest BCUT2D eigenvalue weighted by atomic mass is 19.4. The molecule has 86 valence electrons. The third-order valence-corrected chi connectivity index (χ3v) is 1.87. The molecular weight excluding hydrogens is 221 g/mol. The molecule has 0 aliphatic heterocycles. The van der Waals surface area contributed by atoms with Crippen LogP contribution in [0.1, 0.15) is 11.6 Å². The van der Waals surface area contributed by atoms with Crippen molar-refractivity contribution in [2.45, 2.75) is 12.4 Å². The lowest BCUT2D eigenvalue weighted by atomic mass is 10.1. The van der Waals surface area contributed by atoms with E-state index in [4.69, 9.17) is 5.26 Å². The zero-order valence-corrected chi connectivity index (χ0v) is 8.38. The molecule has 0 radical (unpaired) electrons. The van der Waals surface area contributed by atoms with E-state index in [9.17, 15) is 13.2 Å². The monoisotopic (exact) mass is 230 g/mol. The molecule has 6 heteroatoms. The van der Waals surface area contributed by atoms with Crippen molar-refractivity contribution in [3.63, 3.8) is 0 Å². The maximum Gasteiger partial charge on any atom is 0.573 e. The third kappa shape index (κ3) is 3.14. The molecule has 0 saturated carbocycles. The molecule has 3 nitrogen and oxygen atoms in total. The first-order chi connectivity index (χ1) is 7.48. The summed E-state index contributed by atoms with van der Waals surface area (Å²) in [4.78, 5) is 0. The highest BCUT2D eigenvalue weighted by molar-refractivity contribution is 5.38. The van der Waals surface area contributed by atoms with Gasteiger partial charge in [-0.15, -0.1) is 13.2 Å². The molecule has 0 fully saturated rings. The summed E-state index contributed by atoms with van der Waals surface area (Å²) in [5.74, 6) is -0.365. The largest absolute Gasteiger partial charge is 0.573 e. The van der Waals surface area contributed by atoms with E-state index >= 15 is 0 Å². The molecule has 0 amide bonds. The second kappa shape index (κ2) is 4.86. The molecule has 0 aliphatic rings. The van der Waals surface area contributed by atoms with Crippen molar-refractivity contribution in [3.8, 4) is 11.8 Å². The second-order valence-electron chi connectivity index (χ2n) is 2.94.